The van der Waals surface area contributed by atoms with Crippen LogP contribution in [0.25, 0.3) is 10.8 Å². The van der Waals surface area contributed by atoms with E-state index in [1.807, 2.05) is 29.9 Å². The molecule has 0 saturated carbocycles. The molecule has 0 radical (unpaired) electrons. The summed E-state index contributed by atoms with van der Waals surface area (Å²) < 4.78 is 43.1. The first-order valence-electron chi connectivity index (χ1n) is 14.3. The van der Waals surface area contributed by atoms with Crippen LogP contribution < -0.4 is 31.0 Å². The standard InChI is InChI=1S/C27H31ClN8O10S2/c1-27(2)20(24(38)36(27)46-48(41,42)43)33-23(37)19(18-21(28)47-26(29)32-18)34-45-17(25(39)40)12-44-15-4-5-16-14(8-15)6-7-35(3)22(16)31-11-13-9-30-10-13/h4-8,13,17,20,30H,9-12H2,1-3H3,(H5,29,32,33,37,39,40,41,42,43)/p+1/b34-19-/t17?,20-/m1/s1. The molecule has 48 heavy (non-hydrogen) atoms. The van der Waals surface area contributed by atoms with Gasteiger partial charge in [0.1, 0.15) is 28.4 Å². The van der Waals surface area contributed by atoms with Crippen molar-refractivity contribution in [2.45, 2.75) is 31.5 Å². The van der Waals surface area contributed by atoms with Gasteiger partial charge in [-0.3, -0.25) is 19.5 Å². The first kappa shape index (κ1) is 35.0. The van der Waals surface area contributed by atoms with Crippen LogP contribution in [0, 0.1) is 5.92 Å². The molecule has 3 aromatic rings. The van der Waals surface area contributed by atoms with Gasteiger partial charge < -0.3 is 31.0 Å². The van der Waals surface area contributed by atoms with E-state index in [2.05, 4.69) is 30.4 Å². The number of carboxylic acid groups (broad SMARTS) is 1. The number of nitrogens with one attached hydrogen (secondary N) is 3. The van der Waals surface area contributed by atoms with Gasteiger partial charge in [0.05, 0.1) is 30.7 Å². The van der Waals surface area contributed by atoms with Crippen molar-refractivity contribution in [1.29, 1.82) is 0 Å². The van der Waals surface area contributed by atoms with Gasteiger partial charge in [0.25, 0.3) is 23.7 Å². The number of fused-ring (bicyclic) bond motifs is 1. The predicted octanol–water partition coefficient (Wildman–Crippen LogP) is 0.0806. The fraction of sp³-hybridized carbons (Fsp3) is 0.407. The molecule has 18 nitrogen and oxygen atoms in total. The highest BCUT2D eigenvalue weighted by Crippen LogP contribution is 2.33. The number of carbonyl (C=O) groups is 3. The first-order valence-corrected chi connectivity index (χ1v) is 16.8. The molecular weight excluding hydrogens is 696 g/mol. The molecule has 258 valence electrons. The van der Waals surface area contributed by atoms with Gasteiger partial charge in [-0.25, -0.2) is 14.3 Å². The lowest BCUT2D eigenvalue weighted by atomic mass is 9.84. The summed E-state index contributed by atoms with van der Waals surface area (Å²) in [5.41, 5.74) is 3.37. The van der Waals surface area contributed by atoms with Gasteiger partial charge in [-0.2, -0.15) is 13.5 Å². The van der Waals surface area contributed by atoms with E-state index < -0.39 is 58.2 Å². The average molecular weight is 728 g/mol. The van der Waals surface area contributed by atoms with Crippen molar-refractivity contribution in [3.05, 3.63) is 40.5 Å². The molecule has 2 amide bonds. The lowest BCUT2D eigenvalue weighted by Gasteiger charge is -2.50. The van der Waals surface area contributed by atoms with Crippen molar-refractivity contribution in [2.24, 2.45) is 18.1 Å². The molecule has 7 N–H and O–H groups in total. The third-order valence-corrected chi connectivity index (χ3v) is 9.06. The van der Waals surface area contributed by atoms with E-state index in [0.717, 1.165) is 47.6 Å². The number of nitrogen functional groups attached to an aromatic ring is 1. The molecule has 2 saturated heterocycles. The number of benzene rings is 1. The van der Waals surface area contributed by atoms with Crippen molar-refractivity contribution in [2.75, 3.05) is 37.3 Å². The number of ether oxygens (including phenoxy) is 1. The van der Waals surface area contributed by atoms with Crippen molar-refractivity contribution >= 4 is 78.6 Å². The number of rotatable bonds is 14. The second kappa shape index (κ2) is 13.6. The SMILES string of the molecule is C[n+]1ccc2cc(OCC(O/N=C(\C(=O)N[C@@H]3C(=O)N(OS(=O)(=O)O)C3(C)C)c3nc(N)sc3Cl)C(=O)O)ccc2c1NCC1CNC1. The number of oxime groups is 1. The molecule has 2 fully saturated rings. The number of amides is 2. The van der Waals surface area contributed by atoms with Crippen molar-refractivity contribution in [3.8, 4) is 5.75 Å². The summed E-state index contributed by atoms with van der Waals surface area (Å²) >= 11 is 7.00. The van der Waals surface area contributed by atoms with Gasteiger partial charge in [-0.15, -0.1) is 4.28 Å². The van der Waals surface area contributed by atoms with Gasteiger partial charge >= 0.3 is 16.4 Å². The summed E-state index contributed by atoms with van der Waals surface area (Å²) in [6.45, 7) is 4.90. The minimum atomic E-state index is -5.04. The number of hydroxylamine groups is 2. The quantitative estimate of drug-likeness (QED) is 0.0423. The maximum atomic E-state index is 13.4. The van der Waals surface area contributed by atoms with Crippen molar-refractivity contribution < 1.29 is 50.9 Å². The highest BCUT2D eigenvalue weighted by Gasteiger charge is 2.58. The number of aliphatic carboxylic acids is 1. The van der Waals surface area contributed by atoms with Crippen LogP contribution in [0.4, 0.5) is 10.9 Å². The van der Waals surface area contributed by atoms with Crippen LogP contribution in [0.2, 0.25) is 4.34 Å². The van der Waals surface area contributed by atoms with Gasteiger partial charge in [0.15, 0.2) is 10.8 Å². The van der Waals surface area contributed by atoms with E-state index in [4.69, 9.17) is 31.5 Å². The molecule has 0 bridgehead atoms. The number of aryl methyl sites for hydroxylation is 1. The molecule has 4 heterocycles. The number of carboxylic acids is 1. The predicted molar refractivity (Wildman–Crippen MR) is 172 cm³/mol. The zero-order valence-corrected chi connectivity index (χ0v) is 28.1. The average Bonchev–Trinajstić information content (AvgIpc) is 3.32. The Morgan fingerprint density at radius 2 is 2.06 bits per heavy atom. The summed E-state index contributed by atoms with van der Waals surface area (Å²) in [5, 5.41) is 24.7. The van der Waals surface area contributed by atoms with Crippen LogP contribution in [0.15, 0.2) is 35.6 Å². The highest BCUT2D eigenvalue weighted by atomic mass is 35.5. The Hall–Kier alpha value is -4.34. The van der Waals surface area contributed by atoms with Crippen LogP contribution in [0.5, 0.6) is 5.75 Å². The van der Waals surface area contributed by atoms with E-state index in [1.54, 1.807) is 12.1 Å². The Morgan fingerprint density at radius 1 is 1.33 bits per heavy atom. The first-order chi connectivity index (χ1) is 22.5. The summed E-state index contributed by atoms with van der Waals surface area (Å²) in [6.07, 6.45) is 0.173. The van der Waals surface area contributed by atoms with Gasteiger partial charge in [-0.05, 0) is 43.5 Å². The molecular formula is C27H32ClN8O10S2+. The second-order valence-electron chi connectivity index (χ2n) is 11.5. The molecule has 5 rings (SSSR count). The number of nitrogens with two attached hydrogens (primary N) is 1. The molecule has 2 atom stereocenters. The number of aromatic nitrogens is 2. The number of nitrogens with zero attached hydrogens (tertiary/aromatic N) is 4. The maximum Gasteiger partial charge on any atom is 0.418 e. The molecule has 2 aliphatic heterocycles. The molecule has 21 heteroatoms. The maximum absolute atomic E-state index is 13.4. The van der Waals surface area contributed by atoms with E-state index >= 15 is 0 Å². The Bertz CT molecular complexity index is 1900. The number of carbonyl (C=O) groups excluding carboxylic acids is 2. The molecule has 1 aromatic carbocycles. The van der Waals surface area contributed by atoms with E-state index in [9.17, 15) is 27.9 Å². The van der Waals surface area contributed by atoms with Crippen LogP contribution in [0.1, 0.15) is 19.5 Å². The largest absolute Gasteiger partial charge is 0.489 e. The number of hydrogen-bond acceptors (Lipinski definition) is 14. The van der Waals surface area contributed by atoms with Crippen LogP contribution in [0.3, 0.4) is 0 Å². The third-order valence-electron chi connectivity index (χ3n) is 7.64. The molecule has 1 unspecified atom stereocenters. The zero-order chi connectivity index (χ0) is 35.0. The van der Waals surface area contributed by atoms with Gasteiger partial charge in [-0.1, -0.05) is 28.1 Å². The minimum Gasteiger partial charge on any atom is -0.489 e. The van der Waals surface area contributed by atoms with E-state index in [0.29, 0.717) is 16.7 Å². The number of pyridine rings is 1. The lowest BCUT2D eigenvalue weighted by Crippen LogP contribution is -2.76. The Balaban J connectivity index is 1.31. The number of hydrogen-bond donors (Lipinski definition) is 6. The van der Waals surface area contributed by atoms with Crippen LogP contribution in [-0.4, -0.2) is 95.5 Å². The van der Waals surface area contributed by atoms with Crippen molar-refractivity contribution in [1.82, 2.24) is 20.7 Å². The number of anilines is 2. The van der Waals surface area contributed by atoms with Crippen LogP contribution in [-0.2, 0) is 41.0 Å². The number of halogens is 1. The summed E-state index contributed by atoms with van der Waals surface area (Å²) in [4.78, 5) is 47.2. The Morgan fingerprint density at radius 3 is 2.65 bits per heavy atom. The third kappa shape index (κ3) is 7.53. The zero-order valence-electron chi connectivity index (χ0n) is 25.7. The fourth-order valence-corrected chi connectivity index (χ4v) is 6.29. The Labute approximate surface area is 282 Å². The van der Waals surface area contributed by atoms with Gasteiger partial charge in [0.2, 0.25) is 0 Å². The van der Waals surface area contributed by atoms with E-state index in [-0.39, 0.29) is 15.2 Å². The van der Waals surface area contributed by atoms with Gasteiger partial charge in [0, 0.05) is 19.0 Å². The number of thiazole rings is 1. The molecule has 0 aliphatic carbocycles. The topological polar surface area (TPSA) is 248 Å². The normalized spacial score (nSPS) is 18.5. The second-order valence-corrected chi connectivity index (χ2v) is 14.1. The minimum absolute atomic E-state index is 0.0512. The smallest absolute Gasteiger partial charge is 0.418 e. The molecule has 0 spiro atoms. The lowest BCUT2D eigenvalue weighted by molar-refractivity contribution is -0.656. The van der Waals surface area contributed by atoms with Crippen LogP contribution >= 0.6 is 22.9 Å². The molecule has 2 aromatic heterocycles. The Kier molecular flexibility index (Phi) is 9.94. The monoisotopic (exact) mass is 727 g/mol. The fourth-order valence-electron chi connectivity index (χ4n) is 4.90. The number of β-lactam (4-membered cyclic amide) rings is 1. The molecule has 2 aliphatic rings. The summed E-state index contributed by atoms with van der Waals surface area (Å²) in [7, 11) is -3.11. The highest BCUT2D eigenvalue weighted by molar-refractivity contribution is 7.80. The van der Waals surface area contributed by atoms with E-state index in [1.165, 1.54) is 13.8 Å². The van der Waals surface area contributed by atoms with Crippen molar-refractivity contribution in [3.63, 3.8) is 0 Å². The summed E-state index contributed by atoms with van der Waals surface area (Å²) in [6, 6.07) is 5.81. The summed E-state index contributed by atoms with van der Waals surface area (Å²) in [5.74, 6) is -1.77.